The van der Waals surface area contributed by atoms with E-state index >= 15 is 0 Å². The van der Waals surface area contributed by atoms with Gasteiger partial charge in [-0.1, -0.05) is 32.4 Å². The van der Waals surface area contributed by atoms with E-state index in [-0.39, 0.29) is 0 Å². The molecule has 3 nitrogen and oxygen atoms in total. The fraction of sp³-hybridized carbons (Fsp3) is 0.741. The van der Waals surface area contributed by atoms with Gasteiger partial charge in [-0.25, -0.2) is 0 Å². The lowest BCUT2D eigenvalue weighted by Gasteiger charge is -2.50. The van der Waals surface area contributed by atoms with Gasteiger partial charge in [0.15, 0.2) is 0 Å². The molecule has 3 heteroatoms. The van der Waals surface area contributed by atoms with Crippen LogP contribution in [-0.4, -0.2) is 43.8 Å². The molecule has 3 fully saturated rings. The first kappa shape index (κ1) is 21.9. The Bertz CT molecular complexity index is 750. The zero-order valence-electron chi connectivity index (χ0n) is 20.0. The molecular weight excluding hydrogens is 366 g/mol. The zero-order valence-corrected chi connectivity index (χ0v) is 20.0. The molecule has 0 spiro atoms. The molecule has 1 saturated carbocycles. The molecular formula is C27H43N3. The molecule has 0 bridgehead atoms. The molecule has 1 aromatic rings. The summed E-state index contributed by atoms with van der Waals surface area (Å²) in [5, 5.41) is 0. The SMILES string of the molecule is CCCc1cc(CN2CC(CC)(CC(C)=NC)C2)cc(C2CC2)c1N1CCCCC1. The molecule has 2 heterocycles. The molecule has 1 aromatic carbocycles. The van der Waals surface area contributed by atoms with E-state index < -0.39 is 0 Å². The summed E-state index contributed by atoms with van der Waals surface area (Å²) in [5.41, 5.74) is 8.30. The van der Waals surface area contributed by atoms with Crippen LogP contribution in [0.25, 0.3) is 0 Å². The van der Waals surface area contributed by atoms with Crippen LogP contribution in [0.3, 0.4) is 0 Å². The summed E-state index contributed by atoms with van der Waals surface area (Å²) in [5.74, 6) is 0.826. The number of likely N-dealkylation sites (tertiary alicyclic amines) is 1. The van der Waals surface area contributed by atoms with Crippen molar-refractivity contribution >= 4 is 11.4 Å². The van der Waals surface area contributed by atoms with Crippen molar-refractivity contribution in [1.82, 2.24) is 4.90 Å². The Morgan fingerprint density at radius 3 is 2.43 bits per heavy atom. The highest BCUT2D eigenvalue weighted by Crippen LogP contribution is 2.47. The van der Waals surface area contributed by atoms with Crippen molar-refractivity contribution in [3.63, 3.8) is 0 Å². The largest absolute Gasteiger partial charge is 0.371 e. The predicted molar refractivity (Wildman–Crippen MR) is 130 cm³/mol. The number of aliphatic imine (C=N–C) groups is 1. The summed E-state index contributed by atoms with van der Waals surface area (Å²) in [6.07, 6.45) is 11.8. The van der Waals surface area contributed by atoms with Gasteiger partial charge in [-0.15, -0.1) is 0 Å². The van der Waals surface area contributed by atoms with Gasteiger partial charge in [-0.3, -0.25) is 9.89 Å². The Kier molecular flexibility index (Phi) is 6.87. The standard InChI is InChI=1S/C27H43N3/c1-5-10-24-15-22(18-29-19-27(6-2,20-29)17-21(3)28-4)16-25(23-11-12-23)26(24)30-13-8-7-9-14-30/h15-16,23H,5-14,17-20H2,1-4H3. The molecule has 0 atom stereocenters. The Hall–Kier alpha value is -1.35. The van der Waals surface area contributed by atoms with Gasteiger partial charge in [0.1, 0.15) is 0 Å². The highest BCUT2D eigenvalue weighted by molar-refractivity contribution is 5.82. The minimum absolute atomic E-state index is 0.461. The summed E-state index contributed by atoms with van der Waals surface area (Å²) in [6, 6.07) is 5.18. The van der Waals surface area contributed by atoms with Crippen LogP contribution in [-0.2, 0) is 13.0 Å². The van der Waals surface area contributed by atoms with Crippen molar-refractivity contribution in [3.05, 3.63) is 28.8 Å². The molecule has 0 N–H and O–H groups in total. The van der Waals surface area contributed by atoms with Crippen LogP contribution < -0.4 is 4.90 Å². The lowest BCUT2D eigenvalue weighted by molar-refractivity contribution is -0.00343. The van der Waals surface area contributed by atoms with E-state index in [1.807, 2.05) is 7.05 Å². The number of aryl methyl sites for hydroxylation is 1. The number of benzene rings is 1. The average molecular weight is 410 g/mol. The molecule has 0 radical (unpaired) electrons. The number of hydrogen-bond acceptors (Lipinski definition) is 3. The van der Waals surface area contributed by atoms with Gasteiger partial charge in [0.25, 0.3) is 0 Å². The van der Waals surface area contributed by atoms with Crippen LogP contribution in [0.5, 0.6) is 0 Å². The van der Waals surface area contributed by atoms with Gasteiger partial charge < -0.3 is 4.90 Å². The maximum absolute atomic E-state index is 4.43. The van der Waals surface area contributed by atoms with Crippen molar-refractivity contribution in [2.24, 2.45) is 10.4 Å². The van der Waals surface area contributed by atoms with E-state index in [9.17, 15) is 0 Å². The third-order valence-corrected chi connectivity index (χ3v) is 7.77. The fourth-order valence-electron chi connectivity index (χ4n) is 5.90. The maximum Gasteiger partial charge on any atom is 0.0434 e. The van der Waals surface area contributed by atoms with Gasteiger partial charge in [0.2, 0.25) is 0 Å². The zero-order chi connectivity index (χ0) is 21.1. The van der Waals surface area contributed by atoms with Crippen LogP contribution in [0, 0.1) is 5.41 Å². The lowest BCUT2D eigenvalue weighted by atomic mass is 9.73. The molecule has 3 aliphatic rings. The molecule has 30 heavy (non-hydrogen) atoms. The van der Waals surface area contributed by atoms with Gasteiger partial charge in [0.05, 0.1) is 0 Å². The van der Waals surface area contributed by atoms with Gasteiger partial charge >= 0.3 is 0 Å². The molecule has 4 rings (SSSR count). The molecule has 1 aliphatic carbocycles. The quantitative estimate of drug-likeness (QED) is 0.452. The van der Waals surface area contributed by atoms with E-state index in [0.29, 0.717) is 5.41 Å². The summed E-state index contributed by atoms with van der Waals surface area (Å²) in [7, 11) is 1.94. The van der Waals surface area contributed by atoms with Crippen LogP contribution in [0.2, 0.25) is 0 Å². The third kappa shape index (κ3) is 4.77. The highest BCUT2D eigenvalue weighted by Gasteiger charge is 2.41. The van der Waals surface area contributed by atoms with Gasteiger partial charge in [0, 0.05) is 56.6 Å². The summed E-state index contributed by atoms with van der Waals surface area (Å²) in [6.45, 7) is 13.0. The lowest BCUT2D eigenvalue weighted by Crippen LogP contribution is -2.56. The van der Waals surface area contributed by atoms with E-state index in [1.54, 1.807) is 22.4 Å². The summed E-state index contributed by atoms with van der Waals surface area (Å²) in [4.78, 5) is 9.85. The van der Waals surface area contributed by atoms with Crippen molar-refractivity contribution < 1.29 is 0 Å². The maximum atomic E-state index is 4.43. The van der Waals surface area contributed by atoms with Crippen molar-refractivity contribution in [1.29, 1.82) is 0 Å². The van der Waals surface area contributed by atoms with Crippen LogP contribution in [0.15, 0.2) is 17.1 Å². The number of nitrogens with zero attached hydrogens (tertiary/aromatic N) is 3. The first-order valence-electron chi connectivity index (χ1n) is 12.6. The molecule has 2 saturated heterocycles. The van der Waals surface area contributed by atoms with E-state index in [4.69, 9.17) is 0 Å². The highest BCUT2D eigenvalue weighted by atomic mass is 15.2. The van der Waals surface area contributed by atoms with Crippen LogP contribution in [0.4, 0.5) is 5.69 Å². The predicted octanol–water partition coefficient (Wildman–Crippen LogP) is 6.20. The van der Waals surface area contributed by atoms with Gasteiger partial charge in [-0.05, 0) is 80.9 Å². The van der Waals surface area contributed by atoms with E-state index in [0.717, 1.165) is 12.5 Å². The molecule has 166 valence electrons. The molecule has 0 aromatic heterocycles. The Morgan fingerprint density at radius 2 is 1.83 bits per heavy atom. The molecule has 2 aliphatic heterocycles. The Morgan fingerprint density at radius 1 is 1.10 bits per heavy atom. The van der Waals surface area contributed by atoms with Crippen molar-refractivity contribution in [2.45, 2.75) is 91.0 Å². The number of piperidine rings is 1. The average Bonchev–Trinajstić information content (AvgIpc) is 3.57. The van der Waals surface area contributed by atoms with E-state index in [1.165, 1.54) is 89.7 Å². The van der Waals surface area contributed by atoms with Gasteiger partial charge in [-0.2, -0.15) is 0 Å². The first-order valence-corrected chi connectivity index (χ1v) is 12.6. The second kappa shape index (κ2) is 9.42. The van der Waals surface area contributed by atoms with E-state index in [2.05, 4.69) is 47.7 Å². The number of rotatable bonds is 9. The Balaban J connectivity index is 1.53. The van der Waals surface area contributed by atoms with Crippen LogP contribution >= 0.6 is 0 Å². The second-order valence-corrected chi connectivity index (χ2v) is 10.4. The minimum Gasteiger partial charge on any atom is -0.371 e. The summed E-state index contributed by atoms with van der Waals surface area (Å²) < 4.78 is 0. The molecule has 0 amide bonds. The molecule has 0 unspecified atom stereocenters. The minimum atomic E-state index is 0.461. The smallest absolute Gasteiger partial charge is 0.0434 e. The fourth-order valence-corrected chi connectivity index (χ4v) is 5.90. The monoisotopic (exact) mass is 409 g/mol. The second-order valence-electron chi connectivity index (χ2n) is 10.4. The van der Waals surface area contributed by atoms with Crippen LogP contribution in [0.1, 0.15) is 94.7 Å². The van der Waals surface area contributed by atoms with Crippen molar-refractivity contribution in [2.75, 3.05) is 38.1 Å². The van der Waals surface area contributed by atoms with Crippen molar-refractivity contribution in [3.8, 4) is 0 Å². The summed E-state index contributed by atoms with van der Waals surface area (Å²) >= 11 is 0. The Labute approximate surface area is 184 Å². The number of anilines is 1. The number of hydrogen-bond donors (Lipinski definition) is 0. The normalized spacial score (nSPS) is 22.3. The third-order valence-electron chi connectivity index (χ3n) is 7.77. The first-order chi connectivity index (χ1) is 14.6. The topological polar surface area (TPSA) is 18.8 Å².